The molecule has 0 saturated heterocycles. The molecular formula is C15H17N3O2S2. The smallest absolute Gasteiger partial charge is 0.226 e. The number of benzene rings is 1. The summed E-state index contributed by atoms with van der Waals surface area (Å²) in [7, 11) is 0. The topological polar surface area (TPSA) is 72.0 Å². The predicted octanol–water partition coefficient (Wildman–Crippen LogP) is 3.64. The third-order valence-corrected chi connectivity index (χ3v) is 4.80. The minimum absolute atomic E-state index is 0.0464. The van der Waals surface area contributed by atoms with Crippen LogP contribution in [-0.4, -0.2) is 27.6 Å². The number of carbonyl (C=O) groups excluding carboxylic acids is 2. The average molecular weight is 335 g/mol. The molecule has 0 aliphatic rings. The molecule has 0 aliphatic heterocycles. The first-order chi connectivity index (χ1) is 10.7. The number of unbranched alkanes of at least 4 members (excludes halogenated alkanes) is 1. The van der Waals surface area contributed by atoms with Gasteiger partial charge in [0, 0.05) is 12.0 Å². The van der Waals surface area contributed by atoms with Gasteiger partial charge in [0.25, 0.3) is 0 Å². The number of hydrogen-bond acceptors (Lipinski definition) is 6. The predicted molar refractivity (Wildman–Crippen MR) is 89.6 cm³/mol. The molecule has 0 fully saturated rings. The summed E-state index contributed by atoms with van der Waals surface area (Å²) < 4.78 is 0.676. The van der Waals surface area contributed by atoms with Crippen LogP contribution in [0.5, 0.6) is 0 Å². The third kappa shape index (κ3) is 5.23. The zero-order chi connectivity index (χ0) is 15.8. The van der Waals surface area contributed by atoms with E-state index >= 15 is 0 Å². The normalized spacial score (nSPS) is 10.4. The van der Waals surface area contributed by atoms with Gasteiger partial charge >= 0.3 is 0 Å². The lowest BCUT2D eigenvalue weighted by Gasteiger charge is -1.99. The maximum absolute atomic E-state index is 12.0. The Morgan fingerprint density at radius 2 is 2.00 bits per heavy atom. The molecule has 1 amide bonds. The highest BCUT2D eigenvalue weighted by molar-refractivity contribution is 8.01. The number of anilines is 1. The van der Waals surface area contributed by atoms with E-state index in [1.165, 1.54) is 23.1 Å². The standard InChI is InChI=1S/C15H17N3O2S2/c1-2-3-9-13(20)16-14-17-18-15(22-14)21-10-12(19)11-7-5-4-6-8-11/h4-8H,2-3,9-10H2,1H3,(H,16,17,20). The molecule has 1 N–H and O–H groups in total. The fraction of sp³-hybridized carbons (Fsp3) is 0.333. The summed E-state index contributed by atoms with van der Waals surface area (Å²) in [5.41, 5.74) is 0.688. The molecule has 0 unspecified atom stereocenters. The van der Waals surface area contributed by atoms with Crippen LogP contribution in [0.15, 0.2) is 34.7 Å². The molecule has 1 aromatic carbocycles. The van der Waals surface area contributed by atoms with Crippen molar-refractivity contribution in [2.24, 2.45) is 0 Å². The summed E-state index contributed by atoms with van der Waals surface area (Å²) in [6, 6.07) is 9.15. The van der Waals surface area contributed by atoms with Crippen LogP contribution in [-0.2, 0) is 4.79 Å². The van der Waals surface area contributed by atoms with E-state index in [1.54, 1.807) is 12.1 Å². The van der Waals surface area contributed by atoms with Crippen molar-refractivity contribution in [2.45, 2.75) is 30.5 Å². The van der Waals surface area contributed by atoms with Gasteiger partial charge in [0.1, 0.15) is 0 Å². The Bertz CT molecular complexity index is 629. The zero-order valence-electron chi connectivity index (χ0n) is 12.2. The highest BCUT2D eigenvalue weighted by Gasteiger charge is 2.11. The first kappa shape index (κ1) is 16.6. The molecule has 1 heterocycles. The second-order valence-electron chi connectivity index (χ2n) is 4.60. The van der Waals surface area contributed by atoms with E-state index in [2.05, 4.69) is 15.5 Å². The lowest BCUT2D eigenvalue weighted by atomic mass is 10.2. The van der Waals surface area contributed by atoms with Crippen molar-refractivity contribution in [3.63, 3.8) is 0 Å². The fourth-order valence-electron chi connectivity index (χ4n) is 1.67. The SMILES string of the molecule is CCCCC(=O)Nc1nnc(SCC(=O)c2ccccc2)s1. The number of amides is 1. The molecule has 2 rings (SSSR count). The number of Topliss-reactive ketones (excluding diaryl/α,β-unsaturated/α-hetero) is 1. The number of carbonyl (C=O) groups is 2. The Labute approximate surface area is 137 Å². The van der Waals surface area contributed by atoms with Gasteiger partial charge in [-0.2, -0.15) is 0 Å². The number of ketones is 1. The summed E-state index contributed by atoms with van der Waals surface area (Å²) in [5.74, 6) is 0.312. The Balaban J connectivity index is 1.82. The molecule has 0 bridgehead atoms. The molecule has 5 nitrogen and oxygen atoms in total. The van der Waals surface area contributed by atoms with Crippen molar-refractivity contribution >= 4 is 39.9 Å². The molecule has 0 aliphatic carbocycles. The number of rotatable bonds is 8. The van der Waals surface area contributed by atoms with E-state index < -0.39 is 0 Å². The summed E-state index contributed by atoms with van der Waals surface area (Å²) in [6.45, 7) is 2.04. The first-order valence-electron chi connectivity index (χ1n) is 7.03. The molecule has 0 atom stereocenters. The van der Waals surface area contributed by atoms with Crippen molar-refractivity contribution in [1.82, 2.24) is 10.2 Å². The van der Waals surface area contributed by atoms with E-state index in [0.29, 0.717) is 27.2 Å². The van der Waals surface area contributed by atoms with Gasteiger partial charge in [0.05, 0.1) is 5.75 Å². The minimum atomic E-state index is -0.0464. The Morgan fingerprint density at radius 3 is 2.73 bits per heavy atom. The monoisotopic (exact) mass is 335 g/mol. The van der Waals surface area contributed by atoms with E-state index in [1.807, 2.05) is 25.1 Å². The van der Waals surface area contributed by atoms with Crippen LogP contribution in [0.3, 0.4) is 0 Å². The molecule has 0 spiro atoms. The summed E-state index contributed by atoms with van der Waals surface area (Å²) in [6.07, 6.45) is 2.33. The van der Waals surface area contributed by atoms with Gasteiger partial charge in [0.15, 0.2) is 10.1 Å². The van der Waals surface area contributed by atoms with Crippen LogP contribution >= 0.6 is 23.1 Å². The van der Waals surface area contributed by atoms with Crippen molar-refractivity contribution < 1.29 is 9.59 Å². The van der Waals surface area contributed by atoms with Crippen molar-refractivity contribution in [2.75, 3.05) is 11.1 Å². The van der Waals surface area contributed by atoms with Gasteiger partial charge in [0.2, 0.25) is 11.0 Å². The van der Waals surface area contributed by atoms with Crippen LogP contribution in [0.1, 0.15) is 36.5 Å². The molecule has 1 aromatic heterocycles. The summed E-state index contributed by atoms with van der Waals surface area (Å²) in [4.78, 5) is 23.6. The number of thioether (sulfide) groups is 1. The average Bonchev–Trinajstić information content (AvgIpc) is 2.99. The second-order valence-corrected chi connectivity index (χ2v) is 6.80. The van der Waals surface area contributed by atoms with Gasteiger partial charge in [-0.3, -0.25) is 9.59 Å². The van der Waals surface area contributed by atoms with Crippen molar-refractivity contribution in [1.29, 1.82) is 0 Å². The van der Waals surface area contributed by atoms with Gasteiger partial charge in [-0.1, -0.05) is 66.8 Å². The molecule has 116 valence electrons. The van der Waals surface area contributed by atoms with Crippen LogP contribution in [0.4, 0.5) is 5.13 Å². The number of nitrogens with one attached hydrogen (secondary N) is 1. The van der Waals surface area contributed by atoms with Crippen LogP contribution in [0.25, 0.3) is 0 Å². The molecule has 2 aromatic rings. The highest BCUT2D eigenvalue weighted by Crippen LogP contribution is 2.26. The van der Waals surface area contributed by atoms with Crippen molar-refractivity contribution in [3.8, 4) is 0 Å². The molecule has 7 heteroatoms. The fourth-order valence-corrected chi connectivity index (χ4v) is 3.34. The maximum atomic E-state index is 12.0. The maximum Gasteiger partial charge on any atom is 0.226 e. The van der Waals surface area contributed by atoms with Crippen LogP contribution in [0, 0.1) is 0 Å². The van der Waals surface area contributed by atoms with E-state index in [0.717, 1.165) is 12.8 Å². The Morgan fingerprint density at radius 1 is 1.23 bits per heavy atom. The number of nitrogens with zero attached hydrogens (tertiary/aromatic N) is 2. The Kier molecular flexibility index (Phi) is 6.54. The van der Waals surface area contributed by atoms with Gasteiger partial charge in [-0.25, -0.2) is 0 Å². The number of hydrogen-bond donors (Lipinski definition) is 1. The molecular weight excluding hydrogens is 318 g/mol. The lowest BCUT2D eigenvalue weighted by molar-refractivity contribution is -0.116. The zero-order valence-corrected chi connectivity index (χ0v) is 13.9. The van der Waals surface area contributed by atoms with Crippen LogP contribution < -0.4 is 5.32 Å². The van der Waals surface area contributed by atoms with Gasteiger partial charge < -0.3 is 5.32 Å². The lowest BCUT2D eigenvalue weighted by Crippen LogP contribution is -2.10. The molecule has 22 heavy (non-hydrogen) atoms. The number of aromatic nitrogens is 2. The van der Waals surface area contributed by atoms with Gasteiger partial charge in [-0.05, 0) is 6.42 Å². The largest absolute Gasteiger partial charge is 0.301 e. The molecule has 0 saturated carbocycles. The van der Waals surface area contributed by atoms with Crippen LogP contribution in [0.2, 0.25) is 0 Å². The third-order valence-electron chi connectivity index (χ3n) is 2.83. The first-order valence-corrected chi connectivity index (χ1v) is 8.83. The van der Waals surface area contributed by atoms with E-state index in [4.69, 9.17) is 0 Å². The summed E-state index contributed by atoms with van der Waals surface area (Å²) in [5, 5.41) is 11.1. The van der Waals surface area contributed by atoms with E-state index in [-0.39, 0.29) is 11.7 Å². The van der Waals surface area contributed by atoms with Crippen molar-refractivity contribution in [3.05, 3.63) is 35.9 Å². The summed E-state index contributed by atoms with van der Waals surface area (Å²) >= 11 is 2.62. The molecule has 0 radical (unpaired) electrons. The minimum Gasteiger partial charge on any atom is -0.301 e. The van der Waals surface area contributed by atoms with E-state index in [9.17, 15) is 9.59 Å². The quantitative estimate of drug-likeness (QED) is 0.453. The van der Waals surface area contributed by atoms with Gasteiger partial charge in [-0.15, -0.1) is 10.2 Å². The Hall–Kier alpha value is -1.73. The highest BCUT2D eigenvalue weighted by atomic mass is 32.2. The second kappa shape index (κ2) is 8.65.